The van der Waals surface area contributed by atoms with Crippen molar-refractivity contribution in [1.82, 2.24) is 20.3 Å². The summed E-state index contributed by atoms with van der Waals surface area (Å²) in [4.78, 5) is 28.7. The lowest BCUT2D eigenvalue weighted by Crippen LogP contribution is -2.43. The summed E-state index contributed by atoms with van der Waals surface area (Å²) in [5.74, 6) is -0.220. The number of amides is 2. The number of fused-ring (bicyclic) bond motifs is 3. The first-order valence-corrected chi connectivity index (χ1v) is 11.7. The summed E-state index contributed by atoms with van der Waals surface area (Å²) >= 11 is 0. The Balaban J connectivity index is 1.31. The smallest absolute Gasteiger partial charge is 0.235 e. The molecule has 0 bridgehead atoms. The zero-order chi connectivity index (χ0) is 22.9. The highest BCUT2D eigenvalue weighted by Gasteiger charge is 2.32. The molecule has 2 fully saturated rings. The Labute approximate surface area is 192 Å². The van der Waals surface area contributed by atoms with E-state index in [0.29, 0.717) is 36.8 Å². The third kappa shape index (κ3) is 4.45. The number of rotatable bonds is 6. The highest BCUT2D eigenvalue weighted by molar-refractivity contribution is 6.10. The van der Waals surface area contributed by atoms with Gasteiger partial charge in [-0.25, -0.2) is 0 Å². The van der Waals surface area contributed by atoms with E-state index in [1.165, 1.54) is 12.8 Å². The lowest BCUT2D eigenvalue weighted by atomic mass is 9.91. The van der Waals surface area contributed by atoms with Crippen LogP contribution in [0.1, 0.15) is 37.3 Å². The van der Waals surface area contributed by atoms with Crippen LogP contribution in [0.2, 0.25) is 0 Å². The first-order valence-electron chi connectivity index (χ1n) is 11.7. The summed E-state index contributed by atoms with van der Waals surface area (Å²) in [6.45, 7) is 3.82. The highest BCUT2D eigenvalue weighted by atomic mass is 16.5. The third-order valence-electron chi connectivity index (χ3n) is 7.04. The van der Waals surface area contributed by atoms with Gasteiger partial charge in [-0.1, -0.05) is 11.2 Å². The normalized spacial score (nSPS) is 20.6. The molecule has 0 aliphatic carbocycles. The monoisotopic (exact) mass is 450 g/mol. The molecule has 2 aliphatic heterocycles. The molecule has 1 aromatic heterocycles. The Morgan fingerprint density at radius 1 is 1.18 bits per heavy atom. The van der Waals surface area contributed by atoms with Gasteiger partial charge in [-0.2, -0.15) is 0 Å². The molecule has 33 heavy (non-hydrogen) atoms. The van der Waals surface area contributed by atoms with Crippen LogP contribution < -0.4 is 10.1 Å². The molecule has 5 rings (SSSR count). The Kier molecular flexibility index (Phi) is 6.03. The SMILES string of the molecule is CN1CCC(N(C)CCOc2ccc3c(ccc4onc([C@@H]5CCC(=O)NC5=O)c43)c2)CC1. The summed E-state index contributed by atoms with van der Waals surface area (Å²) in [6.07, 6.45) is 3.15. The van der Waals surface area contributed by atoms with Crippen molar-refractivity contribution < 1.29 is 18.8 Å². The average Bonchev–Trinajstić information content (AvgIpc) is 3.23. The molecular formula is C25H30N4O4. The fraction of sp³-hybridized carbons (Fsp3) is 0.480. The molecule has 2 aliphatic rings. The van der Waals surface area contributed by atoms with E-state index in [9.17, 15) is 9.59 Å². The Bertz CT molecular complexity index is 1180. The summed E-state index contributed by atoms with van der Waals surface area (Å²) < 4.78 is 11.6. The summed E-state index contributed by atoms with van der Waals surface area (Å²) in [6, 6.07) is 10.4. The van der Waals surface area contributed by atoms with Crippen molar-refractivity contribution in [2.24, 2.45) is 0 Å². The van der Waals surface area contributed by atoms with Crippen LogP contribution in [-0.2, 0) is 9.59 Å². The van der Waals surface area contributed by atoms with E-state index in [0.717, 1.165) is 41.5 Å². The van der Waals surface area contributed by atoms with E-state index in [2.05, 4.69) is 34.4 Å². The standard InChI is InChI=1S/C25H30N4O4/c1-28-11-9-17(10-12-28)29(2)13-14-32-18-4-5-19-16(15-18)3-7-21-23(19)24(27-33-21)20-6-8-22(30)26-25(20)31/h3-5,7,15,17,20H,6,8-14H2,1-2H3,(H,26,30,31)/t20-/m0/s1. The molecule has 174 valence electrons. The Morgan fingerprint density at radius 3 is 2.79 bits per heavy atom. The zero-order valence-electron chi connectivity index (χ0n) is 19.2. The van der Waals surface area contributed by atoms with E-state index < -0.39 is 5.92 Å². The number of nitrogens with zero attached hydrogens (tertiary/aromatic N) is 3. The second kappa shape index (κ2) is 9.11. The predicted octanol–water partition coefficient (Wildman–Crippen LogP) is 2.91. The maximum absolute atomic E-state index is 12.4. The minimum absolute atomic E-state index is 0.239. The average molecular weight is 451 g/mol. The Morgan fingerprint density at radius 2 is 2.00 bits per heavy atom. The van der Waals surface area contributed by atoms with Crippen molar-refractivity contribution in [3.63, 3.8) is 0 Å². The Hall–Kier alpha value is -2.97. The van der Waals surface area contributed by atoms with Gasteiger partial charge in [0.1, 0.15) is 18.1 Å². The lowest BCUT2D eigenvalue weighted by Gasteiger charge is -2.35. The van der Waals surface area contributed by atoms with Crippen molar-refractivity contribution in [2.75, 3.05) is 40.3 Å². The maximum atomic E-state index is 12.4. The predicted molar refractivity (Wildman–Crippen MR) is 125 cm³/mol. The van der Waals surface area contributed by atoms with Crippen LogP contribution in [0.3, 0.4) is 0 Å². The minimum atomic E-state index is -0.486. The van der Waals surface area contributed by atoms with Gasteiger partial charge in [-0.05, 0) is 81.5 Å². The molecule has 1 N–H and O–H groups in total. The van der Waals surface area contributed by atoms with Gasteiger partial charge >= 0.3 is 0 Å². The van der Waals surface area contributed by atoms with Crippen LogP contribution in [0.25, 0.3) is 21.7 Å². The van der Waals surface area contributed by atoms with Crippen molar-refractivity contribution in [3.05, 3.63) is 36.0 Å². The molecule has 0 spiro atoms. The first kappa shape index (κ1) is 21.9. The zero-order valence-corrected chi connectivity index (χ0v) is 19.2. The molecule has 0 saturated carbocycles. The van der Waals surface area contributed by atoms with Crippen molar-refractivity contribution >= 4 is 33.6 Å². The number of piperidine rings is 2. The number of hydrogen-bond acceptors (Lipinski definition) is 7. The fourth-order valence-electron chi connectivity index (χ4n) is 4.98. The van der Waals surface area contributed by atoms with Crippen LogP contribution >= 0.6 is 0 Å². The van der Waals surface area contributed by atoms with Gasteiger partial charge < -0.3 is 14.2 Å². The summed E-state index contributed by atoms with van der Waals surface area (Å²) in [7, 11) is 4.36. The van der Waals surface area contributed by atoms with E-state index in [4.69, 9.17) is 9.26 Å². The number of hydrogen-bond donors (Lipinski definition) is 1. The maximum Gasteiger partial charge on any atom is 0.235 e. The van der Waals surface area contributed by atoms with Crippen LogP contribution in [0, 0.1) is 0 Å². The number of nitrogens with one attached hydrogen (secondary N) is 1. The molecule has 3 aromatic rings. The van der Waals surface area contributed by atoms with Gasteiger partial charge in [-0.3, -0.25) is 19.8 Å². The van der Waals surface area contributed by atoms with E-state index in [1.807, 2.05) is 30.3 Å². The number of likely N-dealkylation sites (N-methyl/N-ethyl adjacent to an activating group) is 1. The van der Waals surface area contributed by atoms with Crippen molar-refractivity contribution in [2.45, 2.75) is 37.6 Å². The molecular weight excluding hydrogens is 420 g/mol. The van der Waals surface area contributed by atoms with Gasteiger partial charge in [0.2, 0.25) is 11.8 Å². The van der Waals surface area contributed by atoms with Gasteiger partial charge in [0, 0.05) is 19.0 Å². The third-order valence-corrected chi connectivity index (χ3v) is 7.04. The number of ether oxygens (including phenoxy) is 1. The topological polar surface area (TPSA) is 87.9 Å². The minimum Gasteiger partial charge on any atom is -0.492 e. The van der Waals surface area contributed by atoms with Crippen molar-refractivity contribution in [1.29, 1.82) is 0 Å². The van der Waals surface area contributed by atoms with Crippen LogP contribution in [-0.4, -0.2) is 73.1 Å². The molecule has 8 heteroatoms. The van der Waals surface area contributed by atoms with Gasteiger partial charge in [0.25, 0.3) is 0 Å². The number of carbonyl (C=O) groups excluding carboxylic acids is 2. The van der Waals surface area contributed by atoms with E-state index in [1.54, 1.807) is 0 Å². The first-order chi connectivity index (χ1) is 16.0. The van der Waals surface area contributed by atoms with Crippen LogP contribution in [0.15, 0.2) is 34.9 Å². The number of likely N-dealkylation sites (tertiary alicyclic amines) is 1. The van der Waals surface area contributed by atoms with E-state index in [-0.39, 0.29) is 11.8 Å². The fourth-order valence-corrected chi connectivity index (χ4v) is 4.98. The van der Waals surface area contributed by atoms with Crippen molar-refractivity contribution in [3.8, 4) is 5.75 Å². The lowest BCUT2D eigenvalue weighted by molar-refractivity contribution is -0.134. The second-order valence-corrected chi connectivity index (χ2v) is 9.26. The van der Waals surface area contributed by atoms with Gasteiger partial charge in [0.05, 0.1) is 11.3 Å². The number of aromatic nitrogens is 1. The second-order valence-electron chi connectivity index (χ2n) is 9.26. The molecule has 3 heterocycles. The van der Waals surface area contributed by atoms with Gasteiger partial charge in [-0.15, -0.1) is 0 Å². The quantitative estimate of drug-likeness (QED) is 0.578. The van der Waals surface area contributed by atoms with Gasteiger partial charge in [0.15, 0.2) is 5.58 Å². The number of benzene rings is 2. The molecule has 2 saturated heterocycles. The van der Waals surface area contributed by atoms with Crippen LogP contribution in [0.5, 0.6) is 5.75 Å². The largest absolute Gasteiger partial charge is 0.492 e. The molecule has 8 nitrogen and oxygen atoms in total. The number of imide groups is 1. The molecule has 2 amide bonds. The molecule has 1 atom stereocenters. The molecule has 2 aromatic carbocycles. The number of carbonyl (C=O) groups is 2. The summed E-state index contributed by atoms with van der Waals surface area (Å²) in [5, 5.41) is 9.40. The van der Waals surface area contributed by atoms with Crippen LogP contribution in [0.4, 0.5) is 0 Å². The molecule has 0 unspecified atom stereocenters. The molecule has 0 radical (unpaired) electrons. The highest BCUT2D eigenvalue weighted by Crippen LogP contribution is 2.36. The van der Waals surface area contributed by atoms with E-state index >= 15 is 0 Å². The summed E-state index contributed by atoms with van der Waals surface area (Å²) in [5.41, 5.74) is 1.23.